The number of amides is 1. The van der Waals surface area contributed by atoms with Crippen molar-refractivity contribution in [3.05, 3.63) is 30.1 Å². The van der Waals surface area contributed by atoms with Crippen LogP contribution >= 0.6 is 11.8 Å². The predicted molar refractivity (Wildman–Crippen MR) is 77.9 cm³/mol. The number of rotatable bonds is 5. The summed E-state index contributed by atoms with van der Waals surface area (Å²) in [7, 11) is 0. The van der Waals surface area contributed by atoms with Crippen molar-refractivity contribution in [2.24, 2.45) is 5.92 Å². The Labute approximate surface area is 117 Å². The molecular formula is C14H19FN2OS. The van der Waals surface area contributed by atoms with Gasteiger partial charge in [0.05, 0.1) is 6.54 Å². The summed E-state index contributed by atoms with van der Waals surface area (Å²) in [6.07, 6.45) is 2.45. The Kier molecular flexibility index (Phi) is 5.66. The van der Waals surface area contributed by atoms with E-state index in [4.69, 9.17) is 0 Å². The molecule has 0 aliphatic carbocycles. The van der Waals surface area contributed by atoms with E-state index >= 15 is 0 Å². The molecular weight excluding hydrogens is 263 g/mol. The SMILES string of the molecule is O=C(CNCC1CCSCC1)Nc1cccc(F)c1. The molecule has 104 valence electrons. The lowest BCUT2D eigenvalue weighted by Gasteiger charge is -2.21. The molecule has 2 rings (SSSR count). The summed E-state index contributed by atoms with van der Waals surface area (Å²) < 4.78 is 12.9. The molecule has 1 aliphatic heterocycles. The Morgan fingerprint density at radius 3 is 2.89 bits per heavy atom. The first-order chi connectivity index (χ1) is 9.24. The van der Waals surface area contributed by atoms with E-state index in [2.05, 4.69) is 10.6 Å². The molecule has 1 saturated heterocycles. The molecule has 1 amide bonds. The molecule has 0 atom stereocenters. The maximum absolute atomic E-state index is 12.9. The minimum absolute atomic E-state index is 0.129. The van der Waals surface area contributed by atoms with Crippen LogP contribution in [0.2, 0.25) is 0 Å². The molecule has 19 heavy (non-hydrogen) atoms. The number of nitrogens with one attached hydrogen (secondary N) is 2. The summed E-state index contributed by atoms with van der Waals surface area (Å²) >= 11 is 2.00. The largest absolute Gasteiger partial charge is 0.325 e. The van der Waals surface area contributed by atoms with Gasteiger partial charge in [0.25, 0.3) is 0 Å². The molecule has 5 heteroatoms. The lowest BCUT2D eigenvalue weighted by atomic mass is 10.0. The van der Waals surface area contributed by atoms with Gasteiger partial charge in [-0.2, -0.15) is 11.8 Å². The van der Waals surface area contributed by atoms with Gasteiger partial charge in [0.1, 0.15) is 5.82 Å². The standard InChI is InChI=1S/C14H19FN2OS/c15-12-2-1-3-13(8-12)17-14(18)10-16-9-11-4-6-19-7-5-11/h1-3,8,11,16H,4-7,9-10H2,(H,17,18). The number of benzene rings is 1. The number of thioether (sulfide) groups is 1. The van der Waals surface area contributed by atoms with Crippen LogP contribution in [0.15, 0.2) is 24.3 Å². The Bertz CT molecular complexity index is 422. The zero-order valence-corrected chi connectivity index (χ0v) is 11.6. The normalized spacial score (nSPS) is 16.3. The van der Waals surface area contributed by atoms with Crippen LogP contribution in [0.1, 0.15) is 12.8 Å². The fourth-order valence-corrected chi connectivity index (χ4v) is 3.32. The minimum atomic E-state index is -0.342. The van der Waals surface area contributed by atoms with Gasteiger partial charge in [-0.15, -0.1) is 0 Å². The van der Waals surface area contributed by atoms with Gasteiger partial charge < -0.3 is 10.6 Å². The number of anilines is 1. The Hall–Kier alpha value is -1.07. The number of halogens is 1. The van der Waals surface area contributed by atoms with E-state index in [1.54, 1.807) is 12.1 Å². The van der Waals surface area contributed by atoms with Crippen LogP contribution in [0.3, 0.4) is 0 Å². The van der Waals surface area contributed by atoms with E-state index in [0.29, 0.717) is 11.6 Å². The van der Waals surface area contributed by atoms with Crippen molar-refractivity contribution in [1.29, 1.82) is 0 Å². The summed E-state index contributed by atoms with van der Waals surface area (Å²) in [5.74, 6) is 2.66. The van der Waals surface area contributed by atoms with Gasteiger partial charge >= 0.3 is 0 Å². The maximum atomic E-state index is 12.9. The second kappa shape index (κ2) is 7.50. The third-order valence-electron chi connectivity index (χ3n) is 3.17. The lowest BCUT2D eigenvalue weighted by molar-refractivity contribution is -0.115. The molecule has 1 fully saturated rings. The Balaban J connectivity index is 1.67. The van der Waals surface area contributed by atoms with Crippen LogP contribution in [-0.4, -0.2) is 30.5 Å². The first kappa shape index (κ1) is 14.3. The van der Waals surface area contributed by atoms with Gasteiger partial charge in [-0.3, -0.25) is 4.79 Å². The summed E-state index contributed by atoms with van der Waals surface area (Å²) in [5, 5.41) is 5.85. The van der Waals surface area contributed by atoms with Crippen molar-refractivity contribution in [3.63, 3.8) is 0 Å². The molecule has 1 aromatic carbocycles. The quantitative estimate of drug-likeness (QED) is 0.872. The number of carbonyl (C=O) groups excluding carboxylic acids is 1. The molecule has 0 bridgehead atoms. The number of hydrogen-bond donors (Lipinski definition) is 2. The zero-order chi connectivity index (χ0) is 13.5. The van der Waals surface area contributed by atoms with Crippen LogP contribution < -0.4 is 10.6 Å². The van der Waals surface area contributed by atoms with Crippen LogP contribution in [0.25, 0.3) is 0 Å². The summed E-state index contributed by atoms with van der Waals surface area (Å²) in [4.78, 5) is 11.7. The van der Waals surface area contributed by atoms with Gasteiger partial charge in [0.2, 0.25) is 5.91 Å². The van der Waals surface area contributed by atoms with E-state index in [9.17, 15) is 9.18 Å². The molecule has 0 radical (unpaired) electrons. The Morgan fingerprint density at radius 2 is 2.16 bits per heavy atom. The fourth-order valence-electron chi connectivity index (χ4n) is 2.11. The highest BCUT2D eigenvalue weighted by Gasteiger charge is 2.13. The van der Waals surface area contributed by atoms with Gasteiger partial charge in [-0.1, -0.05) is 6.07 Å². The average molecular weight is 282 g/mol. The van der Waals surface area contributed by atoms with Crippen molar-refractivity contribution in [2.75, 3.05) is 29.9 Å². The van der Waals surface area contributed by atoms with Gasteiger partial charge in [-0.05, 0) is 55.0 Å². The highest BCUT2D eigenvalue weighted by atomic mass is 32.2. The smallest absolute Gasteiger partial charge is 0.238 e. The Morgan fingerprint density at radius 1 is 1.37 bits per heavy atom. The van der Waals surface area contributed by atoms with Crippen LogP contribution in [-0.2, 0) is 4.79 Å². The molecule has 0 unspecified atom stereocenters. The topological polar surface area (TPSA) is 41.1 Å². The van der Waals surface area contributed by atoms with Crippen LogP contribution in [0.5, 0.6) is 0 Å². The van der Waals surface area contributed by atoms with Gasteiger partial charge in [0, 0.05) is 5.69 Å². The zero-order valence-electron chi connectivity index (χ0n) is 10.8. The predicted octanol–water partition coefficient (Wildman–Crippen LogP) is 2.50. The fraction of sp³-hybridized carbons (Fsp3) is 0.500. The highest BCUT2D eigenvalue weighted by molar-refractivity contribution is 7.99. The van der Waals surface area contributed by atoms with Crippen molar-refractivity contribution in [3.8, 4) is 0 Å². The number of carbonyl (C=O) groups is 1. The van der Waals surface area contributed by atoms with Crippen LogP contribution in [0.4, 0.5) is 10.1 Å². The van der Waals surface area contributed by atoms with E-state index in [-0.39, 0.29) is 18.3 Å². The number of hydrogen-bond acceptors (Lipinski definition) is 3. The van der Waals surface area contributed by atoms with Crippen molar-refractivity contribution >= 4 is 23.4 Å². The van der Waals surface area contributed by atoms with Crippen molar-refractivity contribution in [1.82, 2.24) is 5.32 Å². The van der Waals surface area contributed by atoms with Crippen LogP contribution in [0, 0.1) is 11.7 Å². The average Bonchev–Trinajstić information content (AvgIpc) is 2.40. The molecule has 0 saturated carbocycles. The molecule has 3 nitrogen and oxygen atoms in total. The second-order valence-corrected chi connectivity index (χ2v) is 5.97. The highest BCUT2D eigenvalue weighted by Crippen LogP contribution is 2.21. The third-order valence-corrected chi connectivity index (χ3v) is 4.22. The van der Waals surface area contributed by atoms with E-state index in [1.165, 1.54) is 36.5 Å². The van der Waals surface area contributed by atoms with Gasteiger partial charge in [-0.25, -0.2) is 4.39 Å². The lowest BCUT2D eigenvalue weighted by Crippen LogP contribution is -2.32. The first-order valence-corrected chi connectivity index (χ1v) is 7.73. The molecule has 2 N–H and O–H groups in total. The third kappa shape index (κ3) is 5.20. The molecule has 0 spiro atoms. The van der Waals surface area contributed by atoms with Crippen molar-refractivity contribution in [2.45, 2.75) is 12.8 Å². The van der Waals surface area contributed by atoms with E-state index < -0.39 is 0 Å². The first-order valence-electron chi connectivity index (χ1n) is 6.58. The van der Waals surface area contributed by atoms with Crippen molar-refractivity contribution < 1.29 is 9.18 Å². The summed E-state index contributed by atoms with van der Waals surface area (Å²) in [6.45, 7) is 1.16. The molecule has 1 aromatic rings. The molecule has 0 aromatic heterocycles. The van der Waals surface area contributed by atoms with Gasteiger partial charge in [0.15, 0.2) is 0 Å². The second-order valence-electron chi connectivity index (χ2n) is 4.75. The minimum Gasteiger partial charge on any atom is -0.325 e. The molecule has 1 heterocycles. The summed E-state index contributed by atoms with van der Waals surface area (Å²) in [5.41, 5.74) is 0.501. The monoisotopic (exact) mass is 282 g/mol. The summed E-state index contributed by atoms with van der Waals surface area (Å²) in [6, 6.07) is 5.93. The maximum Gasteiger partial charge on any atom is 0.238 e. The van der Waals surface area contributed by atoms with E-state index in [0.717, 1.165) is 6.54 Å². The van der Waals surface area contributed by atoms with E-state index in [1.807, 2.05) is 11.8 Å². The molecule has 1 aliphatic rings.